The van der Waals surface area contributed by atoms with Crippen molar-refractivity contribution in [3.63, 3.8) is 0 Å². The molecule has 0 spiro atoms. The minimum absolute atomic E-state index is 0.589. The molecule has 5 nitrogen and oxygen atoms in total. The van der Waals surface area contributed by atoms with Crippen molar-refractivity contribution in [2.75, 3.05) is 19.7 Å². The Hall–Kier alpha value is -2.08. The van der Waals surface area contributed by atoms with Crippen molar-refractivity contribution in [1.82, 2.24) is 15.6 Å². The van der Waals surface area contributed by atoms with Crippen LogP contribution >= 0.6 is 11.3 Å². The smallest absolute Gasteiger partial charge is 0.191 e. The van der Waals surface area contributed by atoms with E-state index in [0.717, 1.165) is 29.0 Å². The molecule has 6 heteroatoms. The third kappa shape index (κ3) is 5.85. The van der Waals surface area contributed by atoms with Crippen LogP contribution in [0.2, 0.25) is 0 Å². The fourth-order valence-corrected chi connectivity index (χ4v) is 3.05. The molecule has 2 rings (SSSR count). The summed E-state index contributed by atoms with van der Waals surface area (Å²) >= 11 is 1.70. The van der Waals surface area contributed by atoms with Gasteiger partial charge in [0, 0.05) is 11.4 Å². The molecule has 0 bridgehead atoms. The largest absolute Gasteiger partial charge is 0.492 e. The van der Waals surface area contributed by atoms with E-state index in [0.29, 0.717) is 19.7 Å². The van der Waals surface area contributed by atoms with Crippen molar-refractivity contribution in [3.8, 4) is 5.75 Å². The van der Waals surface area contributed by atoms with Gasteiger partial charge < -0.3 is 15.4 Å². The lowest BCUT2D eigenvalue weighted by Crippen LogP contribution is -2.39. The molecular formula is C18H26N4OS. The average molecular weight is 347 g/mol. The number of guanidine groups is 1. The Morgan fingerprint density at radius 1 is 1.17 bits per heavy atom. The first kappa shape index (κ1) is 18.3. The number of hydrogen-bond donors (Lipinski definition) is 2. The molecule has 1 aromatic heterocycles. The van der Waals surface area contributed by atoms with E-state index in [4.69, 9.17) is 4.74 Å². The van der Waals surface area contributed by atoms with Crippen LogP contribution in [0.3, 0.4) is 0 Å². The number of benzene rings is 1. The van der Waals surface area contributed by atoms with Crippen molar-refractivity contribution in [3.05, 3.63) is 45.4 Å². The number of thiazole rings is 1. The average Bonchev–Trinajstić information content (AvgIpc) is 2.88. The molecule has 0 atom stereocenters. The highest BCUT2D eigenvalue weighted by atomic mass is 32.1. The number of nitrogens with one attached hydrogen (secondary N) is 2. The Kier molecular flexibility index (Phi) is 7.06. The van der Waals surface area contributed by atoms with Gasteiger partial charge in [-0.2, -0.15) is 0 Å². The van der Waals surface area contributed by atoms with Gasteiger partial charge in [-0.15, -0.1) is 11.3 Å². The van der Waals surface area contributed by atoms with Gasteiger partial charge in [0.15, 0.2) is 5.96 Å². The number of aryl methyl sites for hydroxylation is 3. The third-order valence-corrected chi connectivity index (χ3v) is 4.47. The highest BCUT2D eigenvalue weighted by Gasteiger charge is 2.04. The van der Waals surface area contributed by atoms with Gasteiger partial charge >= 0.3 is 0 Å². The Morgan fingerprint density at radius 3 is 2.54 bits per heavy atom. The van der Waals surface area contributed by atoms with E-state index in [-0.39, 0.29) is 0 Å². The quantitative estimate of drug-likeness (QED) is 0.459. The number of rotatable bonds is 7. The van der Waals surface area contributed by atoms with Crippen LogP contribution in [0.5, 0.6) is 5.75 Å². The highest BCUT2D eigenvalue weighted by molar-refractivity contribution is 7.11. The van der Waals surface area contributed by atoms with E-state index in [1.54, 1.807) is 11.3 Å². The molecule has 0 aliphatic carbocycles. The van der Waals surface area contributed by atoms with Crippen molar-refractivity contribution < 1.29 is 4.74 Å². The van der Waals surface area contributed by atoms with Crippen LogP contribution in [0.15, 0.2) is 29.3 Å². The first-order valence-corrected chi connectivity index (χ1v) is 9.04. The molecule has 1 heterocycles. The maximum atomic E-state index is 5.72. The molecule has 0 aliphatic heterocycles. The van der Waals surface area contributed by atoms with E-state index in [1.807, 2.05) is 38.1 Å². The van der Waals surface area contributed by atoms with Crippen molar-refractivity contribution in [1.29, 1.82) is 0 Å². The lowest BCUT2D eigenvalue weighted by atomic mass is 10.2. The van der Waals surface area contributed by atoms with Crippen molar-refractivity contribution in [2.45, 2.75) is 34.2 Å². The summed E-state index contributed by atoms with van der Waals surface area (Å²) in [6, 6.07) is 8.08. The normalized spacial score (nSPS) is 11.4. The molecule has 0 saturated carbocycles. The molecule has 24 heavy (non-hydrogen) atoms. The van der Waals surface area contributed by atoms with Gasteiger partial charge in [-0.25, -0.2) is 9.98 Å². The molecule has 1 aromatic carbocycles. The Balaban J connectivity index is 1.80. The number of ether oxygens (including phenoxy) is 1. The van der Waals surface area contributed by atoms with E-state index in [9.17, 15) is 0 Å². The van der Waals surface area contributed by atoms with E-state index < -0.39 is 0 Å². The second kappa shape index (κ2) is 9.27. The predicted octanol–water partition coefficient (Wildman–Crippen LogP) is 3.20. The fourth-order valence-electron chi connectivity index (χ4n) is 2.19. The van der Waals surface area contributed by atoms with Crippen LogP contribution in [0, 0.1) is 20.8 Å². The molecule has 0 saturated heterocycles. The predicted molar refractivity (Wildman–Crippen MR) is 101 cm³/mol. The van der Waals surface area contributed by atoms with Crippen LogP contribution in [0.4, 0.5) is 0 Å². The Bertz CT molecular complexity index is 664. The maximum Gasteiger partial charge on any atom is 0.191 e. The topological polar surface area (TPSA) is 58.5 Å². The van der Waals surface area contributed by atoms with Crippen LogP contribution in [0.25, 0.3) is 0 Å². The summed E-state index contributed by atoms with van der Waals surface area (Å²) in [5.41, 5.74) is 2.30. The summed E-state index contributed by atoms with van der Waals surface area (Å²) < 4.78 is 5.72. The monoisotopic (exact) mass is 346 g/mol. The van der Waals surface area contributed by atoms with Crippen LogP contribution in [0.1, 0.15) is 28.1 Å². The molecule has 0 unspecified atom stereocenters. The van der Waals surface area contributed by atoms with Crippen LogP contribution < -0.4 is 15.4 Å². The second-order valence-corrected chi connectivity index (χ2v) is 6.81. The molecule has 130 valence electrons. The summed E-state index contributed by atoms with van der Waals surface area (Å²) in [4.78, 5) is 10.3. The number of nitrogens with zero attached hydrogens (tertiary/aromatic N) is 2. The summed E-state index contributed by atoms with van der Waals surface area (Å²) in [6.07, 6.45) is 0. The molecule has 2 N–H and O–H groups in total. The molecular weight excluding hydrogens is 320 g/mol. The Labute approximate surface area is 148 Å². The van der Waals surface area contributed by atoms with Gasteiger partial charge in [-0.05, 0) is 39.8 Å². The SMILES string of the molecule is CCNC(=NCc1sc(C)nc1C)NCCOc1ccc(C)cc1. The second-order valence-electron chi connectivity index (χ2n) is 5.52. The van der Waals surface area contributed by atoms with E-state index in [1.165, 1.54) is 10.4 Å². The number of aromatic nitrogens is 1. The zero-order chi connectivity index (χ0) is 17.4. The van der Waals surface area contributed by atoms with Gasteiger partial charge in [-0.1, -0.05) is 17.7 Å². The maximum absolute atomic E-state index is 5.72. The van der Waals surface area contributed by atoms with Gasteiger partial charge in [0.1, 0.15) is 12.4 Å². The highest BCUT2D eigenvalue weighted by Crippen LogP contribution is 2.17. The van der Waals surface area contributed by atoms with Gasteiger partial charge in [0.2, 0.25) is 0 Å². The standard InChI is InChI=1S/C18H26N4OS/c1-5-19-18(21-12-17-14(3)22-15(4)24-17)20-10-11-23-16-8-6-13(2)7-9-16/h6-9H,5,10-12H2,1-4H3,(H2,19,20,21). The lowest BCUT2D eigenvalue weighted by molar-refractivity contribution is 0.322. The summed E-state index contributed by atoms with van der Waals surface area (Å²) in [6.45, 7) is 10.9. The first-order chi connectivity index (χ1) is 11.6. The van der Waals surface area contributed by atoms with Crippen molar-refractivity contribution in [2.24, 2.45) is 4.99 Å². The van der Waals surface area contributed by atoms with Gasteiger partial charge in [0.25, 0.3) is 0 Å². The molecule has 2 aromatic rings. The minimum atomic E-state index is 0.589. The van der Waals surface area contributed by atoms with Crippen LogP contribution in [-0.4, -0.2) is 30.6 Å². The molecule has 0 radical (unpaired) electrons. The van der Waals surface area contributed by atoms with Crippen LogP contribution in [-0.2, 0) is 6.54 Å². The minimum Gasteiger partial charge on any atom is -0.492 e. The first-order valence-electron chi connectivity index (χ1n) is 8.23. The van der Waals surface area contributed by atoms with Gasteiger partial charge in [-0.3, -0.25) is 0 Å². The summed E-state index contributed by atoms with van der Waals surface area (Å²) in [7, 11) is 0. The molecule has 0 aliphatic rings. The number of hydrogen-bond acceptors (Lipinski definition) is 4. The third-order valence-electron chi connectivity index (χ3n) is 3.41. The van der Waals surface area contributed by atoms with E-state index in [2.05, 4.69) is 34.5 Å². The van der Waals surface area contributed by atoms with Crippen molar-refractivity contribution >= 4 is 17.3 Å². The zero-order valence-electron chi connectivity index (χ0n) is 14.8. The van der Waals surface area contributed by atoms with E-state index >= 15 is 0 Å². The fraction of sp³-hybridized carbons (Fsp3) is 0.444. The molecule has 0 fully saturated rings. The Morgan fingerprint density at radius 2 is 1.92 bits per heavy atom. The van der Waals surface area contributed by atoms with Gasteiger partial charge in [0.05, 0.1) is 23.8 Å². The number of aliphatic imine (C=N–C) groups is 1. The summed E-state index contributed by atoms with van der Waals surface area (Å²) in [5, 5.41) is 7.64. The zero-order valence-corrected chi connectivity index (χ0v) is 15.7. The summed E-state index contributed by atoms with van der Waals surface area (Å²) in [5.74, 6) is 1.69. The molecule has 0 amide bonds. The lowest BCUT2D eigenvalue weighted by Gasteiger charge is -2.12.